The first-order chi connectivity index (χ1) is 10.1. The highest BCUT2D eigenvalue weighted by atomic mass is 79.9. The number of anilines is 1. The molecule has 1 aliphatic carbocycles. The molecule has 6 heteroatoms. The number of carbonyl (C=O) groups excluding carboxylic acids is 1. The lowest BCUT2D eigenvalue weighted by Crippen LogP contribution is -2.38. The molecule has 0 aliphatic heterocycles. The van der Waals surface area contributed by atoms with Gasteiger partial charge in [0.15, 0.2) is 0 Å². The maximum atomic E-state index is 12.5. The van der Waals surface area contributed by atoms with Gasteiger partial charge in [0.05, 0.1) is 11.7 Å². The Bertz CT molecular complexity index is 488. The average Bonchev–Trinajstić information content (AvgIpc) is 2.48. The molecule has 1 aromatic rings. The van der Waals surface area contributed by atoms with E-state index in [0.717, 1.165) is 43.1 Å². The first-order valence-corrected chi connectivity index (χ1v) is 8.27. The number of aliphatic hydroxyl groups is 1. The molecule has 1 heterocycles. The van der Waals surface area contributed by atoms with E-state index >= 15 is 0 Å². The number of nitrogens with zero attached hydrogens (tertiary/aromatic N) is 1. The van der Waals surface area contributed by atoms with E-state index in [4.69, 9.17) is 0 Å². The molecule has 0 atom stereocenters. The van der Waals surface area contributed by atoms with Crippen LogP contribution >= 0.6 is 15.9 Å². The standard InChI is InChI=1S/C15H22BrN3O2/c1-2-7-17-14-13(8-10(16)9-18-14)15(21)19-11-3-5-12(20)6-4-11/h8-9,11-12,20H,2-7H2,1H3,(H,17,18)(H,19,21). The lowest BCUT2D eigenvalue weighted by molar-refractivity contribution is 0.0868. The van der Waals surface area contributed by atoms with E-state index in [2.05, 4.69) is 38.5 Å². The summed E-state index contributed by atoms with van der Waals surface area (Å²) in [6, 6.07) is 1.93. The third-order valence-corrected chi connectivity index (χ3v) is 4.11. The highest BCUT2D eigenvalue weighted by Crippen LogP contribution is 2.21. The molecule has 1 fully saturated rings. The van der Waals surface area contributed by atoms with Gasteiger partial charge in [0.25, 0.3) is 5.91 Å². The van der Waals surface area contributed by atoms with Crippen molar-refractivity contribution < 1.29 is 9.90 Å². The monoisotopic (exact) mass is 355 g/mol. The van der Waals surface area contributed by atoms with Gasteiger partial charge in [-0.2, -0.15) is 0 Å². The molecule has 116 valence electrons. The molecule has 2 rings (SSSR count). The molecule has 0 bridgehead atoms. The van der Waals surface area contributed by atoms with Crippen LogP contribution in [0.15, 0.2) is 16.7 Å². The molecule has 1 aliphatic rings. The summed E-state index contributed by atoms with van der Waals surface area (Å²) in [5.74, 6) is 0.511. The van der Waals surface area contributed by atoms with E-state index in [0.29, 0.717) is 11.4 Å². The van der Waals surface area contributed by atoms with Crippen LogP contribution in [0.4, 0.5) is 5.82 Å². The van der Waals surface area contributed by atoms with E-state index in [1.165, 1.54) is 0 Å². The Morgan fingerprint density at radius 1 is 1.43 bits per heavy atom. The fourth-order valence-corrected chi connectivity index (χ4v) is 2.81. The third kappa shape index (κ3) is 4.68. The predicted molar refractivity (Wildman–Crippen MR) is 86.4 cm³/mol. The fourth-order valence-electron chi connectivity index (χ4n) is 2.48. The Morgan fingerprint density at radius 3 is 2.81 bits per heavy atom. The van der Waals surface area contributed by atoms with Gasteiger partial charge in [-0.15, -0.1) is 0 Å². The minimum Gasteiger partial charge on any atom is -0.393 e. The SMILES string of the molecule is CCCNc1ncc(Br)cc1C(=O)NC1CCC(O)CC1. The van der Waals surface area contributed by atoms with Gasteiger partial charge in [0.2, 0.25) is 0 Å². The lowest BCUT2D eigenvalue weighted by Gasteiger charge is -2.26. The Labute approximate surface area is 133 Å². The average molecular weight is 356 g/mol. The van der Waals surface area contributed by atoms with Crippen LogP contribution in [0.5, 0.6) is 0 Å². The van der Waals surface area contributed by atoms with Crippen LogP contribution in [-0.2, 0) is 0 Å². The van der Waals surface area contributed by atoms with E-state index in [1.54, 1.807) is 12.3 Å². The second-order valence-corrected chi connectivity index (χ2v) is 6.37. The number of carbonyl (C=O) groups is 1. The van der Waals surface area contributed by atoms with Crippen molar-refractivity contribution in [3.8, 4) is 0 Å². The quantitative estimate of drug-likeness (QED) is 0.758. The molecule has 1 amide bonds. The lowest BCUT2D eigenvalue weighted by atomic mass is 9.93. The largest absolute Gasteiger partial charge is 0.393 e. The highest BCUT2D eigenvalue weighted by molar-refractivity contribution is 9.10. The summed E-state index contributed by atoms with van der Waals surface area (Å²) in [5.41, 5.74) is 0.559. The van der Waals surface area contributed by atoms with Crippen molar-refractivity contribution in [1.82, 2.24) is 10.3 Å². The fraction of sp³-hybridized carbons (Fsp3) is 0.600. The van der Waals surface area contributed by atoms with Gasteiger partial charge in [0, 0.05) is 23.3 Å². The van der Waals surface area contributed by atoms with E-state index in [-0.39, 0.29) is 18.1 Å². The van der Waals surface area contributed by atoms with Crippen molar-refractivity contribution in [1.29, 1.82) is 0 Å². The third-order valence-electron chi connectivity index (χ3n) is 3.67. The van der Waals surface area contributed by atoms with E-state index in [9.17, 15) is 9.90 Å². The normalized spacial score (nSPS) is 21.9. The van der Waals surface area contributed by atoms with Crippen LogP contribution in [-0.4, -0.2) is 34.7 Å². The van der Waals surface area contributed by atoms with Gasteiger partial charge >= 0.3 is 0 Å². The number of hydrogen-bond acceptors (Lipinski definition) is 4. The van der Waals surface area contributed by atoms with Crippen molar-refractivity contribution in [2.24, 2.45) is 0 Å². The zero-order valence-corrected chi connectivity index (χ0v) is 13.8. The van der Waals surface area contributed by atoms with Crippen molar-refractivity contribution in [3.05, 3.63) is 22.3 Å². The molecule has 21 heavy (non-hydrogen) atoms. The molecule has 0 unspecified atom stereocenters. The number of aromatic nitrogens is 1. The van der Waals surface area contributed by atoms with Crippen LogP contribution in [0.2, 0.25) is 0 Å². The van der Waals surface area contributed by atoms with Gasteiger partial charge < -0.3 is 15.7 Å². The number of aliphatic hydroxyl groups excluding tert-OH is 1. The summed E-state index contributed by atoms with van der Waals surface area (Å²) >= 11 is 3.36. The predicted octanol–water partition coefficient (Wildman–Crippen LogP) is 2.70. The Morgan fingerprint density at radius 2 is 2.14 bits per heavy atom. The molecule has 0 aromatic carbocycles. The van der Waals surface area contributed by atoms with Crippen LogP contribution < -0.4 is 10.6 Å². The second kappa shape index (κ2) is 7.75. The van der Waals surface area contributed by atoms with E-state index in [1.807, 2.05) is 0 Å². The van der Waals surface area contributed by atoms with Crippen LogP contribution in [0.25, 0.3) is 0 Å². The van der Waals surface area contributed by atoms with Gasteiger partial charge in [0.1, 0.15) is 5.82 Å². The molecular weight excluding hydrogens is 334 g/mol. The summed E-state index contributed by atoms with van der Waals surface area (Å²) in [5, 5.41) is 15.7. The summed E-state index contributed by atoms with van der Waals surface area (Å²) < 4.78 is 0.786. The molecule has 1 aromatic heterocycles. The Hall–Kier alpha value is -1.14. The van der Waals surface area contributed by atoms with E-state index < -0.39 is 0 Å². The molecule has 1 saturated carbocycles. The maximum Gasteiger partial charge on any atom is 0.255 e. The minimum absolute atomic E-state index is 0.108. The number of rotatable bonds is 5. The van der Waals surface area contributed by atoms with Crippen LogP contribution in [0.3, 0.4) is 0 Å². The van der Waals surface area contributed by atoms with Gasteiger partial charge in [-0.05, 0) is 54.1 Å². The van der Waals surface area contributed by atoms with Crippen molar-refractivity contribution in [2.45, 2.75) is 51.2 Å². The topological polar surface area (TPSA) is 74.2 Å². The van der Waals surface area contributed by atoms with Crippen LogP contribution in [0.1, 0.15) is 49.4 Å². The molecule has 0 radical (unpaired) electrons. The summed E-state index contributed by atoms with van der Waals surface area (Å²) in [7, 11) is 0. The summed E-state index contributed by atoms with van der Waals surface area (Å²) in [4.78, 5) is 16.7. The highest BCUT2D eigenvalue weighted by Gasteiger charge is 2.22. The summed E-state index contributed by atoms with van der Waals surface area (Å²) in [6.45, 7) is 2.85. The first kappa shape index (κ1) is 16.2. The Kier molecular flexibility index (Phi) is 5.99. The number of halogens is 1. The summed E-state index contributed by atoms with van der Waals surface area (Å²) in [6.07, 6.45) is 5.60. The maximum absolute atomic E-state index is 12.5. The molecular formula is C15H22BrN3O2. The molecule has 5 nitrogen and oxygen atoms in total. The number of amides is 1. The minimum atomic E-state index is -0.215. The Balaban J connectivity index is 2.05. The number of pyridine rings is 1. The van der Waals surface area contributed by atoms with Crippen molar-refractivity contribution >= 4 is 27.7 Å². The van der Waals surface area contributed by atoms with Gasteiger partial charge in [-0.25, -0.2) is 4.98 Å². The van der Waals surface area contributed by atoms with Crippen LogP contribution in [0, 0.1) is 0 Å². The van der Waals surface area contributed by atoms with Gasteiger partial charge in [-0.3, -0.25) is 4.79 Å². The molecule has 3 N–H and O–H groups in total. The zero-order valence-electron chi connectivity index (χ0n) is 12.2. The second-order valence-electron chi connectivity index (χ2n) is 5.46. The molecule has 0 spiro atoms. The van der Waals surface area contributed by atoms with Crippen molar-refractivity contribution in [3.63, 3.8) is 0 Å². The zero-order chi connectivity index (χ0) is 15.2. The smallest absolute Gasteiger partial charge is 0.255 e. The first-order valence-electron chi connectivity index (χ1n) is 7.48. The number of nitrogens with one attached hydrogen (secondary N) is 2. The van der Waals surface area contributed by atoms with Gasteiger partial charge in [-0.1, -0.05) is 6.92 Å². The van der Waals surface area contributed by atoms with Crippen molar-refractivity contribution in [2.75, 3.05) is 11.9 Å². The molecule has 0 saturated heterocycles. The number of hydrogen-bond donors (Lipinski definition) is 3.